The lowest BCUT2D eigenvalue weighted by atomic mass is 9.90. The number of ether oxygens (including phenoxy) is 2. The fourth-order valence-electron chi connectivity index (χ4n) is 2.66. The number of rotatable bonds is 7. The standard InChI is InChI=1S/C17H19N3O7S/c1-3-25-16(21)12-9-13(19-20-18)15(27-28(2,23)24)14(10-12)26-17(22)11-7-5-4-6-8-11/h4-9,13-15H,3,10H2,1-2H3/t13-,14+,15+/m0/s1. The Hall–Kier alpha value is -2.88. The molecule has 150 valence electrons. The molecule has 0 aromatic heterocycles. The molecule has 0 saturated heterocycles. The maximum atomic E-state index is 12.4. The number of benzene rings is 1. The third-order valence-corrected chi connectivity index (χ3v) is 4.34. The highest BCUT2D eigenvalue weighted by Crippen LogP contribution is 2.29. The van der Waals surface area contributed by atoms with Gasteiger partial charge in [-0.25, -0.2) is 9.59 Å². The predicted molar refractivity (Wildman–Crippen MR) is 97.6 cm³/mol. The topological polar surface area (TPSA) is 145 Å². The molecule has 1 aliphatic carbocycles. The van der Waals surface area contributed by atoms with Crippen molar-refractivity contribution in [2.45, 2.75) is 31.6 Å². The van der Waals surface area contributed by atoms with Crippen molar-refractivity contribution in [3.8, 4) is 0 Å². The monoisotopic (exact) mass is 409 g/mol. The molecule has 0 fully saturated rings. The Kier molecular flexibility index (Phi) is 7.16. The van der Waals surface area contributed by atoms with Gasteiger partial charge in [0.25, 0.3) is 10.1 Å². The number of nitrogens with zero attached hydrogens (tertiary/aromatic N) is 3. The summed E-state index contributed by atoms with van der Waals surface area (Å²) >= 11 is 0. The van der Waals surface area contributed by atoms with E-state index in [1.54, 1.807) is 25.1 Å². The fourth-order valence-corrected chi connectivity index (χ4v) is 3.31. The first-order valence-electron chi connectivity index (χ1n) is 8.31. The Labute approximate surface area is 161 Å². The fraction of sp³-hybridized carbons (Fsp3) is 0.412. The van der Waals surface area contributed by atoms with Gasteiger partial charge in [0.05, 0.1) is 24.5 Å². The van der Waals surface area contributed by atoms with Crippen LogP contribution < -0.4 is 0 Å². The minimum Gasteiger partial charge on any atom is -0.463 e. The third kappa shape index (κ3) is 5.81. The second-order valence-corrected chi connectivity index (χ2v) is 7.49. The molecule has 0 bridgehead atoms. The molecular weight excluding hydrogens is 390 g/mol. The molecular formula is C17H19N3O7S. The van der Waals surface area contributed by atoms with Gasteiger partial charge >= 0.3 is 11.9 Å². The second kappa shape index (κ2) is 9.36. The summed E-state index contributed by atoms with van der Waals surface area (Å²) in [6.07, 6.45) is -0.588. The van der Waals surface area contributed by atoms with E-state index in [0.717, 1.165) is 6.26 Å². The lowest BCUT2D eigenvalue weighted by Crippen LogP contribution is -2.45. The first kappa shape index (κ1) is 21.4. The van der Waals surface area contributed by atoms with Crippen molar-refractivity contribution in [1.29, 1.82) is 0 Å². The minimum absolute atomic E-state index is 0.0958. The molecule has 1 aromatic rings. The van der Waals surface area contributed by atoms with E-state index >= 15 is 0 Å². The zero-order valence-electron chi connectivity index (χ0n) is 15.2. The molecule has 2 rings (SSSR count). The number of hydrogen-bond acceptors (Lipinski definition) is 8. The van der Waals surface area contributed by atoms with Gasteiger partial charge < -0.3 is 9.47 Å². The second-order valence-electron chi connectivity index (χ2n) is 5.89. The van der Waals surface area contributed by atoms with Crippen molar-refractivity contribution in [2.24, 2.45) is 5.11 Å². The smallest absolute Gasteiger partial charge is 0.338 e. The van der Waals surface area contributed by atoms with Gasteiger partial charge in [-0.15, -0.1) is 0 Å². The van der Waals surface area contributed by atoms with E-state index in [2.05, 4.69) is 10.0 Å². The van der Waals surface area contributed by atoms with Crippen molar-refractivity contribution in [3.05, 3.63) is 58.0 Å². The van der Waals surface area contributed by atoms with Gasteiger partial charge in [0.15, 0.2) is 0 Å². The van der Waals surface area contributed by atoms with Crippen molar-refractivity contribution >= 4 is 22.1 Å². The highest BCUT2D eigenvalue weighted by Gasteiger charge is 2.40. The van der Waals surface area contributed by atoms with Crippen molar-refractivity contribution in [3.63, 3.8) is 0 Å². The molecule has 3 atom stereocenters. The van der Waals surface area contributed by atoms with Crippen molar-refractivity contribution in [2.75, 3.05) is 12.9 Å². The van der Waals surface area contributed by atoms with Gasteiger partial charge in [-0.05, 0) is 24.6 Å². The van der Waals surface area contributed by atoms with Gasteiger partial charge in [0.1, 0.15) is 12.2 Å². The maximum Gasteiger partial charge on any atom is 0.338 e. The lowest BCUT2D eigenvalue weighted by molar-refractivity contribution is -0.139. The maximum absolute atomic E-state index is 12.4. The normalized spacial score (nSPS) is 21.8. The van der Waals surface area contributed by atoms with Crippen LogP contribution in [-0.4, -0.2) is 51.5 Å². The Morgan fingerprint density at radius 2 is 1.93 bits per heavy atom. The highest BCUT2D eigenvalue weighted by molar-refractivity contribution is 7.86. The van der Waals surface area contributed by atoms with E-state index in [9.17, 15) is 18.0 Å². The Morgan fingerprint density at radius 3 is 2.50 bits per heavy atom. The van der Waals surface area contributed by atoms with Crippen LogP contribution in [0.25, 0.3) is 10.4 Å². The van der Waals surface area contributed by atoms with Crippen LogP contribution in [0.2, 0.25) is 0 Å². The Morgan fingerprint density at radius 1 is 1.25 bits per heavy atom. The molecule has 0 radical (unpaired) electrons. The van der Waals surface area contributed by atoms with Gasteiger partial charge in [-0.2, -0.15) is 8.42 Å². The number of carbonyl (C=O) groups is 2. The first-order chi connectivity index (χ1) is 13.2. The summed E-state index contributed by atoms with van der Waals surface area (Å²) in [7, 11) is -3.98. The van der Waals surface area contributed by atoms with E-state index in [0.29, 0.717) is 0 Å². The molecule has 0 amide bonds. The quantitative estimate of drug-likeness (QED) is 0.220. The summed E-state index contributed by atoms with van der Waals surface area (Å²) in [5.41, 5.74) is 9.13. The van der Waals surface area contributed by atoms with Crippen LogP contribution in [0.1, 0.15) is 23.7 Å². The average Bonchev–Trinajstić information content (AvgIpc) is 2.64. The highest BCUT2D eigenvalue weighted by atomic mass is 32.2. The predicted octanol–water partition coefficient (Wildman–Crippen LogP) is 2.13. The van der Waals surface area contributed by atoms with Crippen LogP contribution in [0.5, 0.6) is 0 Å². The lowest BCUT2D eigenvalue weighted by Gasteiger charge is -2.33. The van der Waals surface area contributed by atoms with Crippen LogP contribution in [0.3, 0.4) is 0 Å². The molecule has 1 aliphatic rings. The Balaban J connectivity index is 2.38. The molecule has 11 heteroatoms. The molecule has 1 aromatic carbocycles. The Bertz CT molecular complexity index is 908. The molecule has 0 aliphatic heterocycles. The van der Waals surface area contributed by atoms with E-state index < -0.39 is 40.3 Å². The molecule has 0 saturated carbocycles. The third-order valence-electron chi connectivity index (χ3n) is 3.77. The largest absolute Gasteiger partial charge is 0.463 e. The molecule has 0 unspecified atom stereocenters. The van der Waals surface area contributed by atoms with E-state index in [1.807, 2.05) is 0 Å². The summed E-state index contributed by atoms with van der Waals surface area (Å²) in [6.45, 7) is 1.73. The zero-order chi connectivity index (χ0) is 20.7. The zero-order valence-corrected chi connectivity index (χ0v) is 16.0. The molecule has 0 spiro atoms. The van der Waals surface area contributed by atoms with Crippen LogP contribution in [0.4, 0.5) is 0 Å². The molecule has 0 N–H and O–H groups in total. The van der Waals surface area contributed by atoms with Gasteiger partial charge in [0, 0.05) is 16.9 Å². The van der Waals surface area contributed by atoms with Gasteiger partial charge in [-0.1, -0.05) is 29.4 Å². The van der Waals surface area contributed by atoms with Crippen LogP contribution in [0, 0.1) is 0 Å². The number of azide groups is 1. The van der Waals surface area contributed by atoms with Gasteiger partial charge in [-0.3, -0.25) is 4.18 Å². The molecule has 0 heterocycles. The summed E-state index contributed by atoms with van der Waals surface area (Å²) in [6, 6.07) is 6.83. The first-order valence-corrected chi connectivity index (χ1v) is 10.1. The molecule has 28 heavy (non-hydrogen) atoms. The van der Waals surface area contributed by atoms with Crippen molar-refractivity contribution < 1.29 is 31.7 Å². The summed E-state index contributed by atoms with van der Waals surface area (Å²) in [5, 5.41) is 3.49. The number of esters is 2. The van der Waals surface area contributed by atoms with Crippen LogP contribution in [0.15, 0.2) is 47.1 Å². The SMILES string of the molecule is CCOC(=O)C1=C[C@H](N=[N+]=[N-])[C@@H](OS(C)(=O)=O)[C@H](OC(=O)c2ccccc2)C1. The number of carbonyl (C=O) groups excluding carboxylic acids is 2. The van der Waals surface area contributed by atoms with Crippen LogP contribution >= 0.6 is 0 Å². The van der Waals surface area contributed by atoms with E-state index in [1.165, 1.54) is 18.2 Å². The average molecular weight is 409 g/mol. The van der Waals surface area contributed by atoms with Gasteiger partial charge in [0.2, 0.25) is 0 Å². The summed E-state index contributed by atoms with van der Waals surface area (Å²) < 4.78 is 38.7. The number of hydrogen-bond donors (Lipinski definition) is 0. The summed E-state index contributed by atoms with van der Waals surface area (Å²) in [5.74, 6) is -1.42. The van der Waals surface area contributed by atoms with E-state index in [-0.39, 0.29) is 24.2 Å². The summed E-state index contributed by atoms with van der Waals surface area (Å²) in [4.78, 5) is 27.2. The molecule has 10 nitrogen and oxygen atoms in total. The van der Waals surface area contributed by atoms with Crippen molar-refractivity contribution in [1.82, 2.24) is 0 Å². The minimum atomic E-state index is -3.98. The van der Waals surface area contributed by atoms with E-state index in [4.69, 9.17) is 19.2 Å². The van der Waals surface area contributed by atoms with Crippen LogP contribution in [-0.2, 0) is 28.6 Å².